The van der Waals surface area contributed by atoms with Crippen molar-refractivity contribution in [2.24, 2.45) is 0 Å². The third-order valence-corrected chi connectivity index (χ3v) is 3.34. The molecule has 120 valence electrons. The van der Waals surface area contributed by atoms with Gasteiger partial charge in [0, 0.05) is 6.54 Å². The predicted octanol–water partition coefficient (Wildman–Crippen LogP) is 2.51. The van der Waals surface area contributed by atoms with E-state index in [1.807, 2.05) is 18.2 Å². The lowest BCUT2D eigenvalue weighted by Gasteiger charge is -2.14. The van der Waals surface area contributed by atoms with Crippen LogP contribution in [0.4, 0.5) is 0 Å². The standard InChI is InChI=1S/C18H19NO4/c1-13(23-16-5-3-2-4-6-16)17(20)19-12-11-14-7-9-15(10-8-14)18(21)22/h2-10,13H,11-12H2,1H3,(H,19,20)(H,21,22)/t13-/m0/s1. The van der Waals surface area contributed by atoms with Gasteiger partial charge >= 0.3 is 5.97 Å². The van der Waals surface area contributed by atoms with Crippen LogP contribution in [0.15, 0.2) is 54.6 Å². The highest BCUT2D eigenvalue weighted by Crippen LogP contribution is 2.10. The summed E-state index contributed by atoms with van der Waals surface area (Å²) in [6.45, 7) is 2.16. The van der Waals surface area contributed by atoms with E-state index in [4.69, 9.17) is 9.84 Å². The third-order valence-electron chi connectivity index (χ3n) is 3.34. The summed E-state index contributed by atoms with van der Waals surface area (Å²) in [5, 5.41) is 11.6. The number of carboxylic acids is 1. The molecule has 0 fully saturated rings. The molecular weight excluding hydrogens is 294 g/mol. The highest BCUT2D eigenvalue weighted by molar-refractivity contribution is 5.87. The highest BCUT2D eigenvalue weighted by Gasteiger charge is 2.13. The van der Waals surface area contributed by atoms with E-state index < -0.39 is 12.1 Å². The summed E-state index contributed by atoms with van der Waals surface area (Å²) in [5.74, 6) is -0.479. The van der Waals surface area contributed by atoms with Crippen molar-refractivity contribution in [3.63, 3.8) is 0 Å². The molecule has 23 heavy (non-hydrogen) atoms. The average Bonchev–Trinajstić information content (AvgIpc) is 2.56. The summed E-state index contributed by atoms with van der Waals surface area (Å²) in [6, 6.07) is 15.8. The largest absolute Gasteiger partial charge is 0.481 e. The smallest absolute Gasteiger partial charge is 0.335 e. The van der Waals surface area contributed by atoms with Crippen LogP contribution < -0.4 is 10.1 Å². The van der Waals surface area contributed by atoms with Gasteiger partial charge in [-0.05, 0) is 43.2 Å². The maximum atomic E-state index is 12.0. The number of aromatic carboxylic acids is 1. The van der Waals surface area contributed by atoms with Gasteiger partial charge in [0.1, 0.15) is 5.75 Å². The zero-order valence-electron chi connectivity index (χ0n) is 12.9. The molecule has 0 aliphatic rings. The van der Waals surface area contributed by atoms with Gasteiger partial charge in [-0.1, -0.05) is 30.3 Å². The number of nitrogens with one attached hydrogen (secondary N) is 1. The van der Waals surface area contributed by atoms with Gasteiger partial charge in [-0.25, -0.2) is 4.79 Å². The molecule has 0 bridgehead atoms. The van der Waals surface area contributed by atoms with Gasteiger partial charge in [0.05, 0.1) is 5.56 Å². The minimum absolute atomic E-state index is 0.184. The first-order valence-electron chi connectivity index (χ1n) is 7.38. The number of benzene rings is 2. The number of rotatable bonds is 7. The molecule has 0 unspecified atom stereocenters. The molecule has 0 aromatic heterocycles. The molecule has 1 amide bonds. The summed E-state index contributed by atoms with van der Waals surface area (Å²) >= 11 is 0. The van der Waals surface area contributed by atoms with Crippen molar-refractivity contribution in [2.45, 2.75) is 19.4 Å². The summed E-state index contributed by atoms with van der Waals surface area (Å²) in [5.41, 5.74) is 1.22. The molecule has 2 aromatic carbocycles. The van der Waals surface area contributed by atoms with Gasteiger partial charge in [0.2, 0.25) is 0 Å². The van der Waals surface area contributed by atoms with Gasteiger partial charge in [-0.2, -0.15) is 0 Å². The number of para-hydroxylation sites is 1. The Kier molecular flexibility index (Phi) is 5.74. The monoisotopic (exact) mass is 313 g/mol. The van der Waals surface area contributed by atoms with E-state index in [-0.39, 0.29) is 11.5 Å². The van der Waals surface area contributed by atoms with Gasteiger partial charge in [-0.3, -0.25) is 4.79 Å². The zero-order chi connectivity index (χ0) is 16.7. The molecule has 2 rings (SSSR count). The van der Waals surface area contributed by atoms with Crippen LogP contribution in [0.25, 0.3) is 0 Å². The fraction of sp³-hybridized carbons (Fsp3) is 0.222. The molecule has 5 nitrogen and oxygen atoms in total. The van der Waals surface area contributed by atoms with Crippen LogP contribution in [0.5, 0.6) is 5.75 Å². The quantitative estimate of drug-likeness (QED) is 0.823. The fourth-order valence-corrected chi connectivity index (χ4v) is 2.04. The number of amides is 1. The second-order valence-corrected chi connectivity index (χ2v) is 5.12. The molecule has 0 saturated carbocycles. The Bertz CT molecular complexity index is 652. The minimum Gasteiger partial charge on any atom is -0.481 e. The Balaban J connectivity index is 1.76. The Morgan fingerprint density at radius 1 is 1.09 bits per heavy atom. The van der Waals surface area contributed by atoms with Crippen LogP contribution in [0.3, 0.4) is 0 Å². The number of carboxylic acid groups (broad SMARTS) is 1. The highest BCUT2D eigenvalue weighted by atomic mass is 16.5. The Labute approximate surface area is 134 Å². The van der Waals surface area contributed by atoms with Gasteiger partial charge in [0.15, 0.2) is 6.10 Å². The number of carbonyl (C=O) groups excluding carboxylic acids is 1. The molecule has 0 spiro atoms. The summed E-state index contributed by atoms with van der Waals surface area (Å²) < 4.78 is 5.54. The van der Waals surface area contributed by atoms with Crippen LogP contribution in [-0.2, 0) is 11.2 Å². The van der Waals surface area contributed by atoms with Gasteiger partial charge < -0.3 is 15.2 Å². The van der Waals surface area contributed by atoms with E-state index in [1.54, 1.807) is 43.3 Å². The van der Waals surface area contributed by atoms with E-state index in [9.17, 15) is 9.59 Å². The molecule has 5 heteroatoms. The van der Waals surface area contributed by atoms with E-state index in [2.05, 4.69) is 5.32 Å². The number of carbonyl (C=O) groups is 2. The van der Waals surface area contributed by atoms with Crippen molar-refractivity contribution >= 4 is 11.9 Å². The first-order valence-corrected chi connectivity index (χ1v) is 7.38. The summed E-state index contributed by atoms with van der Waals surface area (Å²) in [6.07, 6.45) is 0.0516. The molecule has 0 radical (unpaired) electrons. The minimum atomic E-state index is -0.947. The maximum Gasteiger partial charge on any atom is 0.335 e. The van der Waals surface area contributed by atoms with Crippen LogP contribution in [0.2, 0.25) is 0 Å². The predicted molar refractivity (Wildman–Crippen MR) is 86.6 cm³/mol. The first-order chi connectivity index (χ1) is 11.1. The lowest BCUT2D eigenvalue weighted by atomic mass is 10.1. The molecule has 1 atom stereocenters. The van der Waals surface area contributed by atoms with Crippen LogP contribution in [0, 0.1) is 0 Å². The molecule has 0 saturated heterocycles. The van der Waals surface area contributed by atoms with E-state index in [0.717, 1.165) is 5.56 Å². The zero-order valence-corrected chi connectivity index (χ0v) is 12.9. The van der Waals surface area contributed by atoms with E-state index in [0.29, 0.717) is 18.7 Å². The third kappa shape index (κ3) is 5.14. The second kappa shape index (κ2) is 7.98. The summed E-state index contributed by atoms with van der Waals surface area (Å²) in [7, 11) is 0. The average molecular weight is 313 g/mol. The maximum absolute atomic E-state index is 12.0. The first kappa shape index (κ1) is 16.5. The second-order valence-electron chi connectivity index (χ2n) is 5.12. The van der Waals surface area contributed by atoms with E-state index >= 15 is 0 Å². The topological polar surface area (TPSA) is 75.6 Å². The van der Waals surface area contributed by atoms with Crippen molar-refractivity contribution in [1.29, 1.82) is 0 Å². The van der Waals surface area contributed by atoms with Crippen molar-refractivity contribution in [2.75, 3.05) is 6.54 Å². The van der Waals surface area contributed by atoms with Crippen molar-refractivity contribution in [3.8, 4) is 5.75 Å². The molecule has 0 heterocycles. The molecule has 2 N–H and O–H groups in total. The van der Waals surface area contributed by atoms with Crippen molar-refractivity contribution in [1.82, 2.24) is 5.32 Å². The lowest BCUT2D eigenvalue weighted by molar-refractivity contribution is -0.127. The van der Waals surface area contributed by atoms with Crippen molar-refractivity contribution in [3.05, 3.63) is 65.7 Å². The van der Waals surface area contributed by atoms with Gasteiger partial charge in [-0.15, -0.1) is 0 Å². The molecular formula is C18H19NO4. The fourth-order valence-electron chi connectivity index (χ4n) is 2.04. The molecule has 2 aromatic rings. The SMILES string of the molecule is C[C@H](Oc1ccccc1)C(=O)NCCc1ccc(C(=O)O)cc1. The Morgan fingerprint density at radius 2 is 1.74 bits per heavy atom. The number of hydrogen-bond donors (Lipinski definition) is 2. The summed E-state index contributed by atoms with van der Waals surface area (Å²) in [4.78, 5) is 22.7. The number of ether oxygens (including phenoxy) is 1. The van der Waals surface area contributed by atoms with Crippen molar-refractivity contribution < 1.29 is 19.4 Å². The Morgan fingerprint density at radius 3 is 2.35 bits per heavy atom. The van der Waals surface area contributed by atoms with Crippen LogP contribution >= 0.6 is 0 Å². The van der Waals surface area contributed by atoms with Crippen LogP contribution in [-0.4, -0.2) is 29.6 Å². The normalized spacial score (nSPS) is 11.5. The number of hydrogen-bond acceptors (Lipinski definition) is 3. The molecule has 0 aliphatic heterocycles. The Hall–Kier alpha value is -2.82. The van der Waals surface area contributed by atoms with E-state index in [1.165, 1.54) is 0 Å². The molecule has 0 aliphatic carbocycles. The van der Waals surface area contributed by atoms with Crippen LogP contribution in [0.1, 0.15) is 22.8 Å². The van der Waals surface area contributed by atoms with Gasteiger partial charge in [0.25, 0.3) is 5.91 Å². The lowest BCUT2D eigenvalue weighted by Crippen LogP contribution is -2.37.